The minimum atomic E-state index is 0.0594. The summed E-state index contributed by atoms with van der Waals surface area (Å²) in [6.07, 6.45) is 6.75. The van der Waals surface area contributed by atoms with Crippen LogP contribution >= 0.6 is 0 Å². The maximum absolute atomic E-state index is 12.6. The van der Waals surface area contributed by atoms with Crippen LogP contribution in [0.25, 0.3) is 0 Å². The minimum absolute atomic E-state index is 0.0594. The molecule has 150 valence electrons. The van der Waals surface area contributed by atoms with Gasteiger partial charge in [-0.05, 0) is 37.5 Å². The molecule has 0 bridgehead atoms. The number of ether oxygens (including phenoxy) is 2. The fraction of sp³-hybridized carbons (Fsp3) is 0.545. The van der Waals surface area contributed by atoms with Crippen molar-refractivity contribution in [2.75, 3.05) is 20.8 Å². The molecule has 1 aliphatic heterocycles. The number of nitrogens with one attached hydrogen (secondary N) is 1. The summed E-state index contributed by atoms with van der Waals surface area (Å²) in [5.74, 6) is 2.97. The van der Waals surface area contributed by atoms with E-state index in [1.54, 1.807) is 14.2 Å². The van der Waals surface area contributed by atoms with Gasteiger partial charge < -0.3 is 14.5 Å². The molecule has 0 saturated heterocycles. The van der Waals surface area contributed by atoms with E-state index in [4.69, 9.17) is 14.5 Å². The Labute approximate surface area is 165 Å². The summed E-state index contributed by atoms with van der Waals surface area (Å²) in [5.41, 5.74) is 2.94. The number of hydrogen-bond acceptors (Lipinski definition) is 5. The standard InChI is InChI=1S/C22H29N3O3/c1-27-17-8-9-20(28-2)16(12-17)13-25-11-10-18-19(14-25)23-21(24-22(18)26)15-6-4-3-5-7-15/h8-9,12,15H,3-7,10-11,13-14H2,1-2H3,(H,23,24,26). The fourth-order valence-corrected chi connectivity index (χ4v) is 4.46. The molecule has 0 atom stereocenters. The van der Waals surface area contributed by atoms with Gasteiger partial charge in [0.15, 0.2) is 0 Å². The number of methoxy groups -OCH3 is 2. The van der Waals surface area contributed by atoms with Crippen molar-refractivity contribution in [1.82, 2.24) is 14.9 Å². The van der Waals surface area contributed by atoms with Crippen molar-refractivity contribution in [3.05, 3.63) is 51.2 Å². The van der Waals surface area contributed by atoms with Crippen LogP contribution in [0.1, 0.15) is 60.7 Å². The third-order valence-corrected chi connectivity index (χ3v) is 6.04. The van der Waals surface area contributed by atoms with Crippen LogP contribution in [0.15, 0.2) is 23.0 Å². The van der Waals surface area contributed by atoms with Crippen LogP contribution in [0.5, 0.6) is 11.5 Å². The average Bonchev–Trinajstić information content (AvgIpc) is 2.74. The quantitative estimate of drug-likeness (QED) is 0.857. The smallest absolute Gasteiger partial charge is 0.254 e. The zero-order valence-electron chi connectivity index (χ0n) is 16.8. The van der Waals surface area contributed by atoms with Crippen molar-refractivity contribution in [2.24, 2.45) is 0 Å². The van der Waals surface area contributed by atoms with Crippen LogP contribution in [0.2, 0.25) is 0 Å². The topological polar surface area (TPSA) is 67.5 Å². The molecule has 4 rings (SSSR count). The first-order chi connectivity index (χ1) is 13.7. The van der Waals surface area contributed by atoms with Gasteiger partial charge >= 0.3 is 0 Å². The van der Waals surface area contributed by atoms with Crippen LogP contribution in [-0.2, 0) is 19.5 Å². The summed E-state index contributed by atoms with van der Waals surface area (Å²) in [6.45, 7) is 2.27. The predicted octanol–water partition coefficient (Wildman–Crippen LogP) is 3.39. The van der Waals surface area contributed by atoms with E-state index in [0.29, 0.717) is 12.5 Å². The lowest BCUT2D eigenvalue weighted by molar-refractivity contribution is 0.235. The molecular formula is C22H29N3O3. The van der Waals surface area contributed by atoms with Gasteiger partial charge in [-0.1, -0.05) is 19.3 Å². The summed E-state index contributed by atoms with van der Waals surface area (Å²) in [7, 11) is 3.36. The van der Waals surface area contributed by atoms with E-state index in [1.807, 2.05) is 18.2 Å². The van der Waals surface area contributed by atoms with Gasteiger partial charge in [-0.2, -0.15) is 0 Å². The van der Waals surface area contributed by atoms with Gasteiger partial charge in [0.1, 0.15) is 17.3 Å². The van der Waals surface area contributed by atoms with E-state index in [-0.39, 0.29) is 5.56 Å². The lowest BCUT2D eigenvalue weighted by Crippen LogP contribution is -2.35. The van der Waals surface area contributed by atoms with E-state index in [2.05, 4.69) is 9.88 Å². The summed E-state index contributed by atoms with van der Waals surface area (Å²) < 4.78 is 10.9. The number of rotatable bonds is 5. The molecule has 1 aromatic carbocycles. The fourth-order valence-electron chi connectivity index (χ4n) is 4.46. The lowest BCUT2D eigenvalue weighted by atomic mass is 9.88. The zero-order valence-corrected chi connectivity index (χ0v) is 16.8. The van der Waals surface area contributed by atoms with Crippen LogP contribution in [0, 0.1) is 0 Å². The lowest BCUT2D eigenvalue weighted by Gasteiger charge is -2.29. The SMILES string of the molecule is COc1ccc(OC)c(CN2CCc3c(nc(C4CCCCC4)[nH]c3=O)C2)c1. The average molecular weight is 383 g/mol. The number of hydrogen-bond donors (Lipinski definition) is 1. The second-order valence-electron chi connectivity index (χ2n) is 7.85. The molecule has 2 aromatic rings. The van der Waals surface area contributed by atoms with Gasteiger partial charge in [-0.25, -0.2) is 4.98 Å². The Bertz CT molecular complexity index is 887. The Morgan fingerprint density at radius 3 is 2.75 bits per heavy atom. The van der Waals surface area contributed by atoms with Gasteiger partial charge in [-0.15, -0.1) is 0 Å². The molecule has 1 fully saturated rings. The highest BCUT2D eigenvalue weighted by molar-refractivity contribution is 5.40. The van der Waals surface area contributed by atoms with E-state index >= 15 is 0 Å². The molecule has 1 saturated carbocycles. The van der Waals surface area contributed by atoms with Crippen molar-refractivity contribution >= 4 is 0 Å². The van der Waals surface area contributed by atoms with Crippen molar-refractivity contribution in [2.45, 2.75) is 57.5 Å². The molecule has 6 heteroatoms. The molecule has 0 radical (unpaired) electrons. The Morgan fingerprint density at radius 1 is 1.18 bits per heavy atom. The molecule has 1 aromatic heterocycles. The first kappa shape index (κ1) is 19.0. The number of fused-ring (bicyclic) bond motifs is 1. The summed E-state index contributed by atoms with van der Waals surface area (Å²) in [4.78, 5) is 22.9. The molecule has 1 aliphatic carbocycles. The van der Waals surface area contributed by atoms with Crippen molar-refractivity contribution in [1.29, 1.82) is 0 Å². The first-order valence-corrected chi connectivity index (χ1v) is 10.2. The molecule has 0 amide bonds. The van der Waals surface area contributed by atoms with Crippen LogP contribution in [0.3, 0.4) is 0 Å². The number of aromatic amines is 1. The Morgan fingerprint density at radius 2 is 2.00 bits per heavy atom. The largest absolute Gasteiger partial charge is 0.497 e. The van der Waals surface area contributed by atoms with Gasteiger partial charge in [-0.3, -0.25) is 9.69 Å². The second-order valence-corrected chi connectivity index (χ2v) is 7.85. The first-order valence-electron chi connectivity index (χ1n) is 10.2. The third kappa shape index (κ3) is 3.92. The van der Waals surface area contributed by atoms with E-state index in [9.17, 15) is 4.79 Å². The molecule has 1 N–H and O–H groups in total. The normalized spacial score (nSPS) is 17.9. The molecule has 2 aliphatic rings. The highest BCUT2D eigenvalue weighted by Gasteiger charge is 2.25. The van der Waals surface area contributed by atoms with Gasteiger partial charge in [0.2, 0.25) is 0 Å². The van der Waals surface area contributed by atoms with Crippen molar-refractivity contribution < 1.29 is 9.47 Å². The monoisotopic (exact) mass is 383 g/mol. The molecule has 6 nitrogen and oxygen atoms in total. The Kier molecular flexibility index (Phi) is 5.67. The molecule has 0 spiro atoms. The summed E-state index contributed by atoms with van der Waals surface area (Å²) in [5, 5.41) is 0. The number of aromatic nitrogens is 2. The highest BCUT2D eigenvalue weighted by Crippen LogP contribution is 2.31. The minimum Gasteiger partial charge on any atom is -0.497 e. The molecular weight excluding hydrogens is 354 g/mol. The summed E-state index contributed by atoms with van der Waals surface area (Å²) >= 11 is 0. The number of benzene rings is 1. The Balaban J connectivity index is 1.56. The van der Waals surface area contributed by atoms with E-state index < -0.39 is 0 Å². The maximum Gasteiger partial charge on any atom is 0.254 e. The maximum atomic E-state index is 12.6. The molecule has 0 unspecified atom stereocenters. The van der Waals surface area contributed by atoms with Gasteiger partial charge in [0, 0.05) is 36.7 Å². The summed E-state index contributed by atoms with van der Waals surface area (Å²) in [6, 6.07) is 5.87. The van der Waals surface area contributed by atoms with Crippen LogP contribution in [-0.4, -0.2) is 35.6 Å². The molecule has 28 heavy (non-hydrogen) atoms. The van der Waals surface area contributed by atoms with Gasteiger partial charge in [0.05, 0.1) is 19.9 Å². The van der Waals surface area contributed by atoms with Crippen LogP contribution < -0.4 is 15.0 Å². The predicted molar refractivity (Wildman–Crippen MR) is 108 cm³/mol. The number of nitrogens with zero attached hydrogens (tertiary/aromatic N) is 2. The van der Waals surface area contributed by atoms with Crippen molar-refractivity contribution in [3.8, 4) is 11.5 Å². The zero-order chi connectivity index (χ0) is 19.5. The van der Waals surface area contributed by atoms with Crippen molar-refractivity contribution in [3.63, 3.8) is 0 Å². The molecule has 2 heterocycles. The Hall–Kier alpha value is -2.34. The van der Waals surface area contributed by atoms with E-state index in [1.165, 1.54) is 19.3 Å². The van der Waals surface area contributed by atoms with Crippen LogP contribution in [0.4, 0.5) is 0 Å². The third-order valence-electron chi connectivity index (χ3n) is 6.04. The number of H-pyrrole nitrogens is 1. The second kappa shape index (κ2) is 8.35. The van der Waals surface area contributed by atoms with E-state index in [0.717, 1.165) is 66.5 Å². The van der Waals surface area contributed by atoms with Gasteiger partial charge in [0.25, 0.3) is 5.56 Å². The highest BCUT2D eigenvalue weighted by atomic mass is 16.5.